The second-order valence-electron chi connectivity index (χ2n) is 4.22. The van der Waals surface area contributed by atoms with Crippen molar-refractivity contribution >= 4 is 17.4 Å². The number of hydrogen-bond acceptors (Lipinski definition) is 4. The third kappa shape index (κ3) is 2.13. The van der Waals surface area contributed by atoms with Crippen molar-refractivity contribution in [2.45, 2.75) is 13.8 Å². The van der Waals surface area contributed by atoms with Crippen molar-refractivity contribution in [3.05, 3.63) is 46.9 Å². The number of fused-ring (bicyclic) bond motifs is 1. The van der Waals surface area contributed by atoms with Crippen molar-refractivity contribution in [1.82, 2.24) is 19.6 Å². The highest BCUT2D eigenvalue weighted by Crippen LogP contribution is 2.28. The van der Waals surface area contributed by atoms with Gasteiger partial charge in [0.05, 0.1) is 0 Å². The summed E-state index contributed by atoms with van der Waals surface area (Å²) in [6.07, 6.45) is 1.42. The molecular weight excluding hydrogens is 264 g/mol. The minimum Gasteiger partial charge on any atom is -0.438 e. The molecule has 1 aromatic carbocycles. The van der Waals surface area contributed by atoms with Crippen LogP contribution < -0.4 is 4.74 Å². The molecule has 0 amide bonds. The molecule has 0 saturated heterocycles. The first kappa shape index (κ1) is 11.9. The number of ether oxygens (including phenoxy) is 1. The zero-order valence-electron chi connectivity index (χ0n) is 10.5. The van der Waals surface area contributed by atoms with Crippen molar-refractivity contribution in [3.63, 3.8) is 0 Å². The molecule has 3 rings (SSSR count). The molecule has 0 radical (unpaired) electrons. The molecule has 96 valence electrons. The Bertz CT molecular complexity index is 736. The maximum Gasteiger partial charge on any atom is 0.256 e. The molecule has 5 nitrogen and oxygen atoms in total. The van der Waals surface area contributed by atoms with E-state index in [1.54, 1.807) is 0 Å². The van der Waals surface area contributed by atoms with E-state index < -0.39 is 0 Å². The van der Waals surface area contributed by atoms with E-state index in [0.29, 0.717) is 22.6 Å². The van der Waals surface area contributed by atoms with E-state index in [4.69, 9.17) is 16.3 Å². The quantitative estimate of drug-likeness (QED) is 0.674. The van der Waals surface area contributed by atoms with Crippen LogP contribution in [0, 0.1) is 13.8 Å². The van der Waals surface area contributed by atoms with Crippen LogP contribution in [0.4, 0.5) is 0 Å². The predicted molar refractivity (Wildman–Crippen MR) is 71.8 cm³/mol. The van der Waals surface area contributed by atoms with Gasteiger partial charge in [-0.3, -0.25) is 0 Å². The van der Waals surface area contributed by atoms with Crippen molar-refractivity contribution in [2.75, 3.05) is 0 Å². The van der Waals surface area contributed by atoms with Crippen molar-refractivity contribution < 1.29 is 4.74 Å². The van der Waals surface area contributed by atoms with Crippen LogP contribution in [0.2, 0.25) is 5.15 Å². The molecule has 2 heterocycles. The summed E-state index contributed by atoms with van der Waals surface area (Å²) in [6.45, 7) is 3.86. The molecule has 0 aliphatic rings. The van der Waals surface area contributed by atoms with Crippen LogP contribution >= 0.6 is 11.6 Å². The summed E-state index contributed by atoms with van der Waals surface area (Å²) in [5.74, 6) is 1.65. The Labute approximate surface area is 114 Å². The van der Waals surface area contributed by atoms with E-state index in [9.17, 15) is 0 Å². The number of benzene rings is 1. The fourth-order valence-corrected chi connectivity index (χ4v) is 1.87. The first-order valence-corrected chi connectivity index (χ1v) is 6.13. The Morgan fingerprint density at radius 2 is 1.89 bits per heavy atom. The molecule has 19 heavy (non-hydrogen) atoms. The fourth-order valence-electron chi connectivity index (χ4n) is 1.71. The zero-order valence-corrected chi connectivity index (χ0v) is 11.2. The van der Waals surface area contributed by atoms with Gasteiger partial charge >= 0.3 is 0 Å². The number of aromatic nitrogens is 4. The maximum atomic E-state index is 6.07. The molecule has 0 atom stereocenters. The molecule has 0 saturated carbocycles. The molecule has 0 N–H and O–H groups in total. The summed E-state index contributed by atoms with van der Waals surface area (Å²) in [4.78, 5) is 8.14. The summed E-state index contributed by atoms with van der Waals surface area (Å²) in [7, 11) is 0. The molecule has 0 aliphatic heterocycles. The monoisotopic (exact) mass is 274 g/mol. The summed E-state index contributed by atoms with van der Waals surface area (Å²) < 4.78 is 7.38. The van der Waals surface area contributed by atoms with Gasteiger partial charge in [-0.2, -0.15) is 19.6 Å². The summed E-state index contributed by atoms with van der Waals surface area (Å²) >= 11 is 6.07. The van der Waals surface area contributed by atoms with Crippen LogP contribution in [-0.2, 0) is 0 Å². The van der Waals surface area contributed by atoms with E-state index in [1.165, 1.54) is 16.4 Å². The number of rotatable bonds is 2. The van der Waals surface area contributed by atoms with Gasteiger partial charge in [-0.1, -0.05) is 29.3 Å². The summed E-state index contributed by atoms with van der Waals surface area (Å²) in [5, 5.41) is 4.46. The van der Waals surface area contributed by atoms with Crippen molar-refractivity contribution in [2.24, 2.45) is 0 Å². The highest BCUT2D eigenvalue weighted by molar-refractivity contribution is 6.30. The average molecular weight is 275 g/mol. The number of aryl methyl sites for hydroxylation is 1. The molecule has 2 aromatic heterocycles. The third-order valence-corrected chi connectivity index (χ3v) is 3.15. The molecule has 0 unspecified atom stereocenters. The van der Waals surface area contributed by atoms with Crippen LogP contribution in [0.25, 0.3) is 5.78 Å². The van der Waals surface area contributed by atoms with E-state index >= 15 is 0 Å². The lowest BCUT2D eigenvalue weighted by molar-refractivity contribution is 0.441. The molecule has 0 aliphatic carbocycles. The Hall–Kier alpha value is -2.14. The first-order valence-electron chi connectivity index (χ1n) is 5.75. The first-order chi connectivity index (χ1) is 9.15. The molecule has 6 heteroatoms. The molecule has 3 aromatic rings. The highest BCUT2D eigenvalue weighted by Gasteiger charge is 2.14. The average Bonchev–Trinajstić information content (AvgIpc) is 2.85. The molecule has 0 spiro atoms. The maximum absolute atomic E-state index is 6.07. The van der Waals surface area contributed by atoms with E-state index in [-0.39, 0.29) is 0 Å². The normalized spacial score (nSPS) is 10.9. The van der Waals surface area contributed by atoms with E-state index in [2.05, 4.69) is 15.1 Å². The smallest absolute Gasteiger partial charge is 0.256 e. The number of nitrogens with zero attached hydrogens (tertiary/aromatic N) is 4. The van der Waals surface area contributed by atoms with Gasteiger partial charge in [-0.25, -0.2) is 0 Å². The lowest BCUT2D eigenvalue weighted by Gasteiger charge is -2.10. The van der Waals surface area contributed by atoms with Crippen molar-refractivity contribution in [1.29, 1.82) is 0 Å². The van der Waals surface area contributed by atoms with E-state index in [0.717, 1.165) is 5.56 Å². The lowest BCUT2D eigenvalue weighted by atomic mass is 10.2. The SMILES string of the molecule is Cc1ccc(Oc2c(C)c(Cl)nc3ncnn23)cc1. The van der Waals surface area contributed by atoms with Gasteiger partial charge in [-0.05, 0) is 26.0 Å². The van der Waals surface area contributed by atoms with Crippen LogP contribution in [0.1, 0.15) is 11.1 Å². The van der Waals surface area contributed by atoms with Crippen LogP contribution in [-0.4, -0.2) is 19.6 Å². The highest BCUT2D eigenvalue weighted by atomic mass is 35.5. The van der Waals surface area contributed by atoms with Gasteiger partial charge in [0, 0.05) is 5.56 Å². The molecule has 0 bridgehead atoms. The molecule has 0 fully saturated rings. The topological polar surface area (TPSA) is 52.3 Å². The van der Waals surface area contributed by atoms with Crippen LogP contribution in [0.3, 0.4) is 0 Å². The molecular formula is C13H11ClN4O. The predicted octanol–water partition coefficient (Wildman–Crippen LogP) is 3.19. The van der Waals surface area contributed by atoms with Gasteiger partial charge in [-0.15, -0.1) is 0 Å². The van der Waals surface area contributed by atoms with Gasteiger partial charge in [0.1, 0.15) is 17.2 Å². The minimum atomic E-state index is 0.364. The summed E-state index contributed by atoms with van der Waals surface area (Å²) in [5.41, 5.74) is 1.89. The van der Waals surface area contributed by atoms with Crippen molar-refractivity contribution in [3.8, 4) is 11.6 Å². The van der Waals surface area contributed by atoms with Gasteiger partial charge < -0.3 is 4.74 Å². The lowest BCUT2D eigenvalue weighted by Crippen LogP contribution is -2.01. The standard InChI is InChI=1S/C13H11ClN4O/c1-8-3-5-10(6-4-8)19-12-9(2)11(14)17-13-15-7-16-18(12)13/h3-7H,1-2H3. The second-order valence-corrected chi connectivity index (χ2v) is 4.58. The Kier molecular flexibility index (Phi) is 2.83. The second kappa shape index (κ2) is 4.51. The van der Waals surface area contributed by atoms with Gasteiger partial charge in [0.2, 0.25) is 5.88 Å². The van der Waals surface area contributed by atoms with Crippen LogP contribution in [0.15, 0.2) is 30.6 Å². The Morgan fingerprint density at radius 3 is 2.63 bits per heavy atom. The van der Waals surface area contributed by atoms with Gasteiger partial charge in [0.15, 0.2) is 0 Å². The number of halogens is 1. The van der Waals surface area contributed by atoms with Gasteiger partial charge in [0.25, 0.3) is 5.78 Å². The fraction of sp³-hybridized carbons (Fsp3) is 0.154. The Morgan fingerprint density at radius 1 is 1.16 bits per heavy atom. The Balaban J connectivity index is 2.11. The zero-order chi connectivity index (χ0) is 13.4. The largest absolute Gasteiger partial charge is 0.438 e. The van der Waals surface area contributed by atoms with Crippen LogP contribution in [0.5, 0.6) is 11.6 Å². The minimum absolute atomic E-state index is 0.364. The number of hydrogen-bond donors (Lipinski definition) is 0. The third-order valence-electron chi connectivity index (χ3n) is 2.79. The van der Waals surface area contributed by atoms with E-state index in [1.807, 2.05) is 38.1 Å². The summed E-state index contributed by atoms with van der Waals surface area (Å²) in [6, 6.07) is 7.75.